The van der Waals surface area contributed by atoms with Gasteiger partial charge in [0.15, 0.2) is 6.61 Å². The third-order valence-electron chi connectivity index (χ3n) is 8.10. The number of ether oxygens (including phenoxy) is 2. The van der Waals surface area contributed by atoms with Crippen molar-refractivity contribution in [2.75, 3.05) is 32.2 Å². The predicted octanol–water partition coefficient (Wildman–Crippen LogP) is 7.82. The minimum absolute atomic E-state index is 0.350. The van der Waals surface area contributed by atoms with Gasteiger partial charge in [-0.05, 0) is 53.8 Å². The fourth-order valence-corrected chi connectivity index (χ4v) is 7.31. The first-order valence-electron chi connectivity index (χ1n) is 15.7. The highest BCUT2D eigenvalue weighted by atomic mass is 32.2. The molecule has 0 spiro atoms. The van der Waals surface area contributed by atoms with Crippen LogP contribution < -0.4 is 9.47 Å². The van der Waals surface area contributed by atoms with Gasteiger partial charge in [-0.2, -0.15) is 0 Å². The number of hydrogen-bond donors (Lipinski definition) is 0. The summed E-state index contributed by atoms with van der Waals surface area (Å²) >= 11 is 2.04. The van der Waals surface area contributed by atoms with Crippen molar-refractivity contribution in [3.8, 4) is 11.6 Å². The van der Waals surface area contributed by atoms with Crippen LogP contribution in [0.25, 0.3) is 0 Å². The van der Waals surface area contributed by atoms with Crippen molar-refractivity contribution in [3.63, 3.8) is 0 Å². The molecule has 0 N–H and O–H groups in total. The first-order chi connectivity index (χ1) is 22.8. The molecule has 6 nitrogen and oxygen atoms in total. The summed E-state index contributed by atoms with van der Waals surface area (Å²) in [4.78, 5) is 12.2. The highest BCUT2D eigenvalue weighted by molar-refractivity contribution is 8.00. The summed E-state index contributed by atoms with van der Waals surface area (Å²) in [7, 11) is 0. The minimum atomic E-state index is -0.375. The maximum absolute atomic E-state index is 5.89. The lowest BCUT2D eigenvalue weighted by Gasteiger charge is -2.43. The molecule has 2 heterocycles. The van der Waals surface area contributed by atoms with Crippen LogP contribution in [0.4, 0.5) is 0 Å². The van der Waals surface area contributed by atoms with Crippen molar-refractivity contribution in [1.29, 1.82) is 0 Å². The highest BCUT2D eigenvalue weighted by Gasteiger charge is 2.45. The molecule has 1 fully saturated rings. The van der Waals surface area contributed by atoms with Gasteiger partial charge in [0.2, 0.25) is 5.88 Å². The SMILES string of the molecule is CCOc1ccc(C=NOCCOc2ccc(CC3CN(C(c4ccccc4)(c4ccccc4)c4ccccc4)CS3)cc2)cn1. The zero-order valence-electron chi connectivity index (χ0n) is 26.1. The molecule has 1 aliphatic heterocycles. The second-order valence-corrected chi connectivity index (χ2v) is 12.3. The lowest BCUT2D eigenvalue weighted by atomic mass is 9.75. The van der Waals surface area contributed by atoms with Gasteiger partial charge in [-0.25, -0.2) is 4.98 Å². The molecular weight excluding hydrogens is 591 g/mol. The lowest BCUT2D eigenvalue weighted by molar-refractivity contribution is 0.108. The van der Waals surface area contributed by atoms with E-state index in [-0.39, 0.29) is 5.54 Å². The first-order valence-corrected chi connectivity index (χ1v) is 16.8. The third kappa shape index (κ3) is 7.44. The number of thioether (sulfide) groups is 1. The van der Waals surface area contributed by atoms with E-state index in [1.54, 1.807) is 12.4 Å². The summed E-state index contributed by atoms with van der Waals surface area (Å²) in [6.45, 7) is 4.26. The van der Waals surface area contributed by atoms with Crippen LogP contribution in [0.3, 0.4) is 0 Å². The molecule has 0 radical (unpaired) electrons. The number of oxime groups is 1. The monoisotopic (exact) mass is 629 g/mol. The normalized spacial score (nSPS) is 15.2. The minimum Gasteiger partial charge on any atom is -0.490 e. The summed E-state index contributed by atoms with van der Waals surface area (Å²) in [6, 6.07) is 45.0. The topological polar surface area (TPSA) is 56.2 Å². The molecule has 1 saturated heterocycles. The molecule has 6 rings (SSSR count). The number of pyridine rings is 1. The molecule has 1 aromatic heterocycles. The van der Waals surface area contributed by atoms with Gasteiger partial charge in [-0.15, -0.1) is 11.8 Å². The Morgan fingerprint density at radius 1 is 0.783 bits per heavy atom. The van der Waals surface area contributed by atoms with Crippen molar-refractivity contribution in [1.82, 2.24) is 9.88 Å². The highest BCUT2D eigenvalue weighted by Crippen LogP contribution is 2.46. The Kier molecular flexibility index (Phi) is 10.7. The molecular formula is C39H39N3O3S. The Hall–Kier alpha value is -4.59. The number of benzene rings is 4. The van der Waals surface area contributed by atoms with E-state index in [0.717, 1.165) is 30.2 Å². The Balaban J connectivity index is 1.06. The molecule has 5 aromatic rings. The maximum Gasteiger partial charge on any atom is 0.213 e. The largest absolute Gasteiger partial charge is 0.490 e. The second-order valence-electron chi connectivity index (χ2n) is 11.1. The van der Waals surface area contributed by atoms with Gasteiger partial charge in [-0.1, -0.05) is 108 Å². The van der Waals surface area contributed by atoms with E-state index in [2.05, 4.69) is 118 Å². The van der Waals surface area contributed by atoms with Crippen molar-refractivity contribution in [2.24, 2.45) is 5.16 Å². The second kappa shape index (κ2) is 15.6. The number of rotatable bonds is 14. The van der Waals surface area contributed by atoms with Crippen LogP contribution in [-0.4, -0.2) is 53.6 Å². The molecule has 46 heavy (non-hydrogen) atoms. The van der Waals surface area contributed by atoms with Gasteiger partial charge in [0.1, 0.15) is 12.4 Å². The average Bonchev–Trinajstić information content (AvgIpc) is 3.58. The Labute approximate surface area is 276 Å². The quantitative estimate of drug-likeness (QED) is 0.0541. The fourth-order valence-electron chi connectivity index (χ4n) is 6.02. The van der Waals surface area contributed by atoms with Gasteiger partial charge in [0, 0.05) is 35.5 Å². The van der Waals surface area contributed by atoms with Crippen LogP contribution in [-0.2, 0) is 16.8 Å². The standard InChI is InChI=1S/C39H39N3O3S/c1-2-43-38-23-20-32(27-40-38)28-41-45-25-24-44-36-21-18-31(19-22-36)26-37-29-42(30-46-37)39(33-12-6-3-7-13-33,34-14-8-4-9-15-34)35-16-10-5-11-17-35/h3-23,27-28,37H,2,24-26,29-30H2,1H3. The van der Waals surface area contributed by atoms with E-state index in [1.165, 1.54) is 22.3 Å². The Morgan fingerprint density at radius 2 is 1.41 bits per heavy atom. The molecule has 1 unspecified atom stereocenters. The molecule has 0 aliphatic carbocycles. The van der Waals surface area contributed by atoms with Crippen LogP contribution in [0.2, 0.25) is 0 Å². The molecule has 0 saturated carbocycles. The molecule has 0 amide bonds. The maximum atomic E-state index is 5.89. The van der Waals surface area contributed by atoms with E-state index in [9.17, 15) is 0 Å². The zero-order valence-corrected chi connectivity index (χ0v) is 26.9. The predicted molar refractivity (Wildman–Crippen MR) is 187 cm³/mol. The molecule has 0 bridgehead atoms. The van der Waals surface area contributed by atoms with Gasteiger partial charge in [0.05, 0.1) is 18.4 Å². The van der Waals surface area contributed by atoms with E-state index in [0.29, 0.717) is 31.0 Å². The van der Waals surface area contributed by atoms with Crippen LogP contribution in [0.1, 0.15) is 34.7 Å². The molecule has 1 atom stereocenters. The summed E-state index contributed by atoms with van der Waals surface area (Å²) in [5.41, 5.74) is 5.64. The van der Waals surface area contributed by atoms with E-state index in [1.807, 2.05) is 43.0 Å². The van der Waals surface area contributed by atoms with Crippen LogP contribution in [0, 0.1) is 0 Å². The van der Waals surface area contributed by atoms with E-state index in [4.69, 9.17) is 14.3 Å². The van der Waals surface area contributed by atoms with Gasteiger partial charge < -0.3 is 14.3 Å². The van der Waals surface area contributed by atoms with Crippen molar-refractivity contribution in [3.05, 3.63) is 161 Å². The van der Waals surface area contributed by atoms with Gasteiger partial charge in [0.25, 0.3) is 0 Å². The fraction of sp³-hybridized carbons (Fsp3) is 0.231. The van der Waals surface area contributed by atoms with Crippen LogP contribution >= 0.6 is 11.8 Å². The lowest BCUT2D eigenvalue weighted by Crippen LogP contribution is -2.47. The van der Waals surface area contributed by atoms with Crippen molar-refractivity contribution in [2.45, 2.75) is 24.1 Å². The summed E-state index contributed by atoms with van der Waals surface area (Å²) < 4.78 is 11.2. The zero-order chi connectivity index (χ0) is 31.4. The van der Waals surface area contributed by atoms with Crippen LogP contribution in [0.5, 0.6) is 11.6 Å². The molecule has 7 heteroatoms. The van der Waals surface area contributed by atoms with E-state index < -0.39 is 0 Å². The van der Waals surface area contributed by atoms with Gasteiger partial charge in [-0.3, -0.25) is 4.90 Å². The number of aromatic nitrogens is 1. The number of hydrogen-bond acceptors (Lipinski definition) is 7. The number of nitrogens with zero attached hydrogens (tertiary/aromatic N) is 3. The van der Waals surface area contributed by atoms with E-state index >= 15 is 0 Å². The summed E-state index contributed by atoms with van der Waals surface area (Å²) in [5.74, 6) is 2.37. The van der Waals surface area contributed by atoms with Gasteiger partial charge >= 0.3 is 0 Å². The molecule has 4 aromatic carbocycles. The summed E-state index contributed by atoms with van der Waals surface area (Å²) in [6.07, 6.45) is 4.32. The Bertz CT molecular complexity index is 1550. The molecule has 234 valence electrons. The summed E-state index contributed by atoms with van der Waals surface area (Å²) in [5, 5.41) is 4.48. The van der Waals surface area contributed by atoms with Crippen LogP contribution in [0.15, 0.2) is 139 Å². The molecule has 1 aliphatic rings. The average molecular weight is 630 g/mol. The smallest absolute Gasteiger partial charge is 0.213 e. The first kappa shape index (κ1) is 31.4. The van der Waals surface area contributed by atoms with Crippen molar-refractivity contribution < 1.29 is 14.3 Å². The third-order valence-corrected chi connectivity index (χ3v) is 9.34. The Morgan fingerprint density at radius 3 is 1.98 bits per heavy atom. The van der Waals surface area contributed by atoms with Crippen molar-refractivity contribution >= 4 is 18.0 Å².